The maximum atomic E-state index is 12.6. The summed E-state index contributed by atoms with van der Waals surface area (Å²) in [4.78, 5) is 38.5. The molecule has 1 unspecified atom stereocenters. The van der Waals surface area contributed by atoms with Crippen molar-refractivity contribution in [2.75, 3.05) is 11.9 Å². The van der Waals surface area contributed by atoms with Gasteiger partial charge in [-0.15, -0.1) is 11.3 Å². The first-order valence-corrected chi connectivity index (χ1v) is 7.91. The van der Waals surface area contributed by atoms with Crippen molar-refractivity contribution in [1.82, 2.24) is 10.2 Å². The lowest BCUT2D eigenvalue weighted by molar-refractivity contribution is -0.133. The van der Waals surface area contributed by atoms with Crippen LogP contribution in [-0.4, -0.2) is 29.3 Å². The van der Waals surface area contributed by atoms with Crippen LogP contribution in [0.2, 0.25) is 0 Å². The Morgan fingerprint density at radius 2 is 1.96 bits per heavy atom. The van der Waals surface area contributed by atoms with E-state index in [0.717, 1.165) is 9.78 Å². The number of imide groups is 1. The number of nitrogens with one attached hydrogen (secondary N) is 2. The van der Waals surface area contributed by atoms with E-state index < -0.39 is 23.4 Å². The van der Waals surface area contributed by atoms with E-state index in [-0.39, 0.29) is 6.54 Å². The summed E-state index contributed by atoms with van der Waals surface area (Å²) in [5, 5.41) is 7.17. The van der Waals surface area contributed by atoms with E-state index in [1.54, 1.807) is 37.3 Å². The highest BCUT2D eigenvalue weighted by Gasteiger charge is 2.50. The predicted molar refractivity (Wildman–Crippen MR) is 87.0 cm³/mol. The number of rotatable bonds is 4. The second kappa shape index (κ2) is 5.85. The lowest BCUT2D eigenvalue weighted by atomic mass is 10.0. The van der Waals surface area contributed by atoms with E-state index in [1.807, 2.05) is 17.5 Å². The minimum atomic E-state index is -1.11. The molecule has 1 saturated heterocycles. The van der Waals surface area contributed by atoms with Crippen LogP contribution >= 0.6 is 11.3 Å². The SMILES string of the molecule is CC1(c2cccs2)NC(=O)N(CC(=O)Nc2ccccc2)C1=O. The third kappa shape index (κ3) is 2.83. The lowest BCUT2D eigenvalue weighted by Crippen LogP contribution is -2.41. The molecule has 1 fully saturated rings. The third-order valence-electron chi connectivity index (χ3n) is 3.65. The molecule has 1 aliphatic rings. The Morgan fingerprint density at radius 1 is 1.22 bits per heavy atom. The molecule has 0 saturated carbocycles. The van der Waals surface area contributed by atoms with Gasteiger partial charge in [0.1, 0.15) is 6.54 Å². The minimum absolute atomic E-state index is 0.319. The fourth-order valence-corrected chi connectivity index (χ4v) is 3.27. The van der Waals surface area contributed by atoms with Crippen molar-refractivity contribution in [2.24, 2.45) is 0 Å². The second-order valence-electron chi connectivity index (χ2n) is 5.34. The molecule has 7 heteroatoms. The van der Waals surface area contributed by atoms with Crippen LogP contribution in [0.3, 0.4) is 0 Å². The first kappa shape index (κ1) is 15.2. The molecule has 6 nitrogen and oxygen atoms in total. The molecule has 2 N–H and O–H groups in total. The number of para-hydroxylation sites is 1. The zero-order valence-electron chi connectivity index (χ0n) is 12.4. The van der Waals surface area contributed by atoms with Crippen LogP contribution in [0.25, 0.3) is 0 Å². The van der Waals surface area contributed by atoms with Crippen molar-refractivity contribution < 1.29 is 14.4 Å². The number of nitrogens with zero attached hydrogens (tertiary/aromatic N) is 1. The summed E-state index contributed by atoms with van der Waals surface area (Å²) in [6, 6.07) is 11.9. The molecule has 1 aromatic carbocycles. The van der Waals surface area contributed by atoms with Gasteiger partial charge in [-0.3, -0.25) is 14.5 Å². The summed E-state index contributed by atoms with van der Waals surface area (Å²) in [6.07, 6.45) is 0. The van der Waals surface area contributed by atoms with Crippen molar-refractivity contribution in [2.45, 2.75) is 12.5 Å². The first-order valence-electron chi connectivity index (χ1n) is 7.04. The van der Waals surface area contributed by atoms with Gasteiger partial charge in [0.05, 0.1) is 0 Å². The number of anilines is 1. The number of hydrogen-bond donors (Lipinski definition) is 2. The van der Waals surface area contributed by atoms with E-state index in [2.05, 4.69) is 10.6 Å². The molecule has 23 heavy (non-hydrogen) atoms. The summed E-state index contributed by atoms with van der Waals surface area (Å²) in [6.45, 7) is 1.33. The summed E-state index contributed by atoms with van der Waals surface area (Å²) >= 11 is 1.39. The van der Waals surface area contributed by atoms with Gasteiger partial charge in [0.15, 0.2) is 5.54 Å². The topological polar surface area (TPSA) is 78.5 Å². The molecule has 118 valence electrons. The maximum Gasteiger partial charge on any atom is 0.325 e. The van der Waals surface area contributed by atoms with Crippen LogP contribution in [-0.2, 0) is 15.1 Å². The van der Waals surface area contributed by atoms with E-state index in [1.165, 1.54) is 11.3 Å². The predicted octanol–water partition coefficient (Wildman–Crippen LogP) is 2.15. The molecule has 2 aromatic rings. The summed E-state index contributed by atoms with van der Waals surface area (Å²) in [5.41, 5.74) is -0.497. The number of thiophene rings is 1. The van der Waals surface area contributed by atoms with Crippen LogP contribution in [0.5, 0.6) is 0 Å². The van der Waals surface area contributed by atoms with Crippen LogP contribution < -0.4 is 10.6 Å². The fourth-order valence-electron chi connectivity index (χ4n) is 2.44. The van der Waals surface area contributed by atoms with Gasteiger partial charge in [0.25, 0.3) is 5.91 Å². The van der Waals surface area contributed by atoms with Crippen molar-refractivity contribution >= 4 is 34.9 Å². The molecule has 0 aliphatic carbocycles. The van der Waals surface area contributed by atoms with Gasteiger partial charge in [0.2, 0.25) is 5.91 Å². The molecule has 4 amide bonds. The maximum absolute atomic E-state index is 12.6. The molecule has 1 atom stereocenters. The quantitative estimate of drug-likeness (QED) is 0.844. The summed E-state index contributed by atoms with van der Waals surface area (Å²) in [5.74, 6) is -0.844. The monoisotopic (exact) mass is 329 g/mol. The van der Waals surface area contributed by atoms with Crippen molar-refractivity contribution in [3.8, 4) is 0 Å². The molecule has 0 radical (unpaired) electrons. The van der Waals surface area contributed by atoms with Crippen LogP contribution in [0.15, 0.2) is 47.8 Å². The number of amides is 4. The lowest BCUT2D eigenvalue weighted by Gasteiger charge is -2.19. The average Bonchev–Trinajstić information content (AvgIpc) is 3.13. The number of carbonyl (C=O) groups is 3. The van der Waals surface area contributed by atoms with E-state index in [9.17, 15) is 14.4 Å². The normalized spacial score (nSPS) is 20.5. The fraction of sp³-hybridized carbons (Fsp3) is 0.188. The first-order chi connectivity index (χ1) is 11.0. The molecule has 0 bridgehead atoms. The summed E-state index contributed by atoms with van der Waals surface area (Å²) in [7, 11) is 0. The average molecular weight is 329 g/mol. The number of urea groups is 1. The van der Waals surface area contributed by atoms with Crippen molar-refractivity contribution in [1.29, 1.82) is 0 Å². The summed E-state index contributed by atoms with van der Waals surface area (Å²) < 4.78 is 0. The van der Waals surface area contributed by atoms with Gasteiger partial charge >= 0.3 is 6.03 Å². The molecule has 2 heterocycles. The minimum Gasteiger partial charge on any atom is -0.325 e. The molecule has 3 rings (SSSR count). The largest absolute Gasteiger partial charge is 0.325 e. The standard InChI is InChI=1S/C16H15N3O3S/c1-16(12-8-5-9-23-12)14(21)19(15(22)18-16)10-13(20)17-11-6-3-2-4-7-11/h2-9H,10H2,1H3,(H,17,20)(H,18,22). The van der Waals surface area contributed by atoms with E-state index in [4.69, 9.17) is 0 Å². The highest BCUT2D eigenvalue weighted by molar-refractivity contribution is 7.10. The smallest absolute Gasteiger partial charge is 0.325 e. The molecular weight excluding hydrogens is 314 g/mol. The Morgan fingerprint density at radius 3 is 2.61 bits per heavy atom. The van der Waals surface area contributed by atoms with Gasteiger partial charge in [-0.25, -0.2) is 4.79 Å². The van der Waals surface area contributed by atoms with Crippen LogP contribution in [0.4, 0.5) is 10.5 Å². The molecular formula is C16H15N3O3S. The van der Waals surface area contributed by atoms with Crippen LogP contribution in [0, 0.1) is 0 Å². The Hall–Kier alpha value is -2.67. The third-order valence-corrected chi connectivity index (χ3v) is 4.74. The Kier molecular flexibility index (Phi) is 3.87. The zero-order valence-corrected chi connectivity index (χ0v) is 13.2. The number of hydrogen-bond acceptors (Lipinski definition) is 4. The Bertz CT molecular complexity index is 745. The molecule has 1 aliphatic heterocycles. The van der Waals surface area contributed by atoms with Crippen molar-refractivity contribution in [3.05, 3.63) is 52.7 Å². The van der Waals surface area contributed by atoms with Gasteiger partial charge in [-0.1, -0.05) is 24.3 Å². The molecule has 1 aromatic heterocycles. The Labute approximate surface area is 137 Å². The number of carbonyl (C=O) groups excluding carboxylic acids is 3. The van der Waals surface area contributed by atoms with Crippen molar-refractivity contribution in [3.63, 3.8) is 0 Å². The number of benzene rings is 1. The van der Waals surface area contributed by atoms with E-state index >= 15 is 0 Å². The zero-order chi connectivity index (χ0) is 16.4. The van der Waals surface area contributed by atoms with E-state index in [0.29, 0.717) is 5.69 Å². The van der Waals surface area contributed by atoms with Crippen LogP contribution in [0.1, 0.15) is 11.8 Å². The van der Waals surface area contributed by atoms with Gasteiger partial charge in [-0.2, -0.15) is 0 Å². The highest BCUT2D eigenvalue weighted by Crippen LogP contribution is 2.31. The second-order valence-corrected chi connectivity index (χ2v) is 6.29. The van der Waals surface area contributed by atoms with Gasteiger partial charge in [0, 0.05) is 10.6 Å². The van der Waals surface area contributed by atoms with Gasteiger partial charge in [-0.05, 0) is 30.5 Å². The molecule has 0 spiro atoms. The van der Waals surface area contributed by atoms with Gasteiger partial charge < -0.3 is 10.6 Å². The highest BCUT2D eigenvalue weighted by atomic mass is 32.1. The Balaban J connectivity index is 1.72.